The van der Waals surface area contributed by atoms with E-state index < -0.39 is 23.7 Å². The van der Waals surface area contributed by atoms with Gasteiger partial charge in [0.1, 0.15) is 29.7 Å². The zero-order chi connectivity index (χ0) is 21.4. The van der Waals surface area contributed by atoms with E-state index in [1.807, 2.05) is 47.2 Å². The molecule has 1 atom stereocenters. The molecule has 0 saturated heterocycles. The van der Waals surface area contributed by atoms with Crippen molar-refractivity contribution < 1.29 is 28.9 Å². The molecule has 0 aliphatic rings. The number of carbonyl (C=O) groups excluding carboxylic acids is 1. The first-order chi connectivity index (χ1) is 13.7. The number of carboxylic acid groups (broad SMARTS) is 1. The minimum Gasteiger partial charge on any atom is -0.497 e. The Morgan fingerprint density at radius 1 is 1.14 bits per heavy atom. The fourth-order valence-corrected chi connectivity index (χ4v) is 2.65. The van der Waals surface area contributed by atoms with Gasteiger partial charge in [-0.3, -0.25) is 0 Å². The van der Waals surface area contributed by atoms with Crippen LogP contribution >= 0.6 is 0 Å². The first-order valence-corrected chi connectivity index (χ1v) is 9.31. The summed E-state index contributed by atoms with van der Waals surface area (Å²) < 4.78 is 17.9. The molecule has 1 amide bonds. The van der Waals surface area contributed by atoms with Crippen molar-refractivity contribution in [1.29, 1.82) is 0 Å². The Hall–Kier alpha value is -3.16. The molecular formula is C21H28N2O6. The zero-order valence-electron chi connectivity index (χ0n) is 17.2. The van der Waals surface area contributed by atoms with Crippen LogP contribution in [0.2, 0.25) is 0 Å². The summed E-state index contributed by atoms with van der Waals surface area (Å²) in [4.78, 5) is 23.5. The number of ether oxygens (including phenoxy) is 3. The van der Waals surface area contributed by atoms with Gasteiger partial charge in [-0.15, -0.1) is 0 Å². The van der Waals surface area contributed by atoms with Crippen LogP contribution < -0.4 is 14.8 Å². The Kier molecular flexibility index (Phi) is 7.52. The molecule has 0 radical (unpaired) electrons. The summed E-state index contributed by atoms with van der Waals surface area (Å²) in [5.41, 5.74) is 0.0679. The largest absolute Gasteiger partial charge is 0.497 e. The molecule has 0 aliphatic carbocycles. The number of hydrogen-bond acceptors (Lipinski definition) is 5. The number of carboxylic acids is 1. The van der Waals surface area contributed by atoms with E-state index in [2.05, 4.69) is 5.32 Å². The van der Waals surface area contributed by atoms with Crippen molar-refractivity contribution in [2.75, 3.05) is 13.7 Å². The molecule has 2 N–H and O–H groups in total. The van der Waals surface area contributed by atoms with Crippen molar-refractivity contribution in [2.45, 2.75) is 45.4 Å². The molecule has 1 aromatic heterocycles. The van der Waals surface area contributed by atoms with Crippen LogP contribution in [0.25, 0.3) is 0 Å². The molecular weight excluding hydrogens is 376 g/mol. The lowest BCUT2D eigenvalue weighted by Gasteiger charge is -2.22. The fraction of sp³-hybridized carbons (Fsp3) is 0.429. The molecule has 0 spiro atoms. The van der Waals surface area contributed by atoms with E-state index in [4.69, 9.17) is 14.2 Å². The van der Waals surface area contributed by atoms with Crippen LogP contribution in [-0.4, -0.2) is 47.1 Å². The highest BCUT2D eigenvalue weighted by atomic mass is 16.6. The minimum atomic E-state index is -1.13. The predicted molar refractivity (Wildman–Crippen MR) is 107 cm³/mol. The number of aliphatic carboxylic acids is 1. The smallest absolute Gasteiger partial charge is 0.408 e. The van der Waals surface area contributed by atoms with Gasteiger partial charge >= 0.3 is 12.1 Å². The standard InChI is InChI=1S/C21H28N2O6/c1-21(2,3)29-20(26)22-18(19(24)25)14-15-6-5-11-23(15)12-13-28-17-9-7-16(27-4)8-10-17/h5-11,18H,12-14H2,1-4H3,(H,22,26)(H,24,25). The molecule has 1 aromatic carbocycles. The number of benzene rings is 1. The summed E-state index contributed by atoms with van der Waals surface area (Å²) in [7, 11) is 1.60. The molecule has 0 aliphatic heterocycles. The number of hydrogen-bond donors (Lipinski definition) is 2. The van der Waals surface area contributed by atoms with Crippen LogP contribution in [0.5, 0.6) is 11.5 Å². The molecule has 0 saturated carbocycles. The Morgan fingerprint density at radius 2 is 1.79 bits per heavy atom. The maximum Gasteiger partial charge on any atom is 0.408 e. The minimum absolute atomic E-state index is 0.129. The van der Waals surface area contributed by atoms with Crippen molar-refractivity contribution in [1.82, 2.24) is 9.88 Å². The van der Waals surface area contributed by atoms with E-state index in [0.717, 1.165) is 17.2 Å². The first kappa shape index (κ1) is 22.1. The number of nitrogens with zero attached hydrogens (tertiary/aromatic N) is 1. The summed E-state index contributed by atoms with van der Waals surface area (Å²) in [6, 6.07) is 9.82. The van der Waals surface area contributed by atoms with Crippen molar-refractivity contribution in [3.8, 4) is 11.5 Å². The first-order valence-electron chi connectivity index (χ1n) is 9.31. The van der Waals surface area contributed by atoms with Gasteiger partial charge in [0.2, 0.25) is 0 Å². The molecule has 1 unspecified atom stereocenters. The summed E-state index contributed by atoms with van der Waals surface area (Å²) in [5, 5.41) is 11.9. The van der Waals surface area contributed by atoms with Gasteiger partial charge in [-0.25, -0.2) is 9.59 Å². The van der Waals surface area contributed by atoms with Gasteiger partial charge in [0.15, 0.2) is 0 Å². The van der Waals surface area contributed by atoms with Crippen LogP contribution in [0, 0.1) is 0 Å². The second-order valence-corrected chi connectivity index (χ2v) is 7.46. The Morgan fingerprint density at radius 3 is 2.38 bits per heavy atom. The SMILES string of the molecule is COc1ccc(OCCn2cccc2CC(NC(=O)OC(C)(C)C)C(=O)O)cc1. The van der Waals surface area contributed by atoms with E-state index in [9.17, 15) is 14.7 Å². The average molecular weight is 404 g/mol. The predicted octanol–water partition coefficient (Wildman–Crippen LogP) is 3.10. The third kappa shape index (κ3) is 7.40. The highest BCUT2D eigenvalue weighted by Crippen LogP contribution is 2.17. The molecule has 2 aromatic rings. The van der Waals surface area contributed by atoms with Crippen molar-refractivity contribution in [2.24, 2.45) is 0 Å². The van der Waals surface area contributed by atoms with E-state index in [1.165, 1.54) is 0 Å². The molecule has 0 fully saturated rings. The molecule has 8 heteroatoms. The van der Waals surface area contributed by atoms with E-state index in [0.29, 0.717) is 13.2 Å². The highest BCUT2D eigenvalue weighted by Gasteiger charge is 2.25. The Bertz CT molecular complexity index is 807. The quantitative estimate of drug-likeness (QED) is 0.666. The molecule has 8 nitrogen and oxygen atoms in total. The normalized spacial score (nSPS) is 12.1. The molecule has 158 valence electrons. The number of rotatable bonds is 9. The second kappa shape index (κ2) is 9.86. The van der Waals surface area contributed by atoms with Gasteiger partial charge in [-0.2, -0.15) is 0 Å². The Labute approximate surface area is 170 Å². The van der Waals surface area contributed by atoms with Gasteiger partial charge in [-0.1, -0.05) is 0 Å². The summed E-state index contributed by atoms with van der Waals surface area (Å²) in [6.07, 6.45) is 1.22. The maximum atomic E-state index is 11.9. The van der Waals surface area contributed by atoms with Gasteiger partial charge in [-0.05, 0) is 57.2 Å². The summed E-state index contributed by atoms with van der Waals surface area (Å²) in [6.45, 7) is 6.10. The number of aromatic nitrogens is 1. The van der Waals surface area contributed by atoms with Crippen molar-refractivity contribution in [3.63, 3.8) is 0 Å². The van der Waals surface area contributed by atoms with E-state index >= 15 is 0 Å². The third-order valence-electron chi connectivity index (χ3n) is 3.99. The highest BCUT2D eigenvalue weighted by molar-refractivity contribution is 5.80. The Balaban J connectivity index is 1.92. The van der Waals surface area contributed by atoms with Crippen LogP contribution in [0.3, 0.4) is 0 Å². The topological polar surface area (TPSA) is 99.0 Å². The average Bonchev–Trinajstić information content (AvgIpc) is 3.07. The van der Waals surface area contributed by atoms with Crippen LogP contribution in [0.4, 0.5) is 4.79 Å². The number of alkyl carbamates (subject to hydrolysis) is 1. The molecule has 2 rings (SSSR count). The van der Waals surface area contributed by atoms with Crippen LogP contribution in [0.15, 0.2) is 42.6 Å². The lowest BCUT2D eigenvalue weighted by Crippen LogP contribution is -2.45. The number of methoxy groups -OCH3 is 1. The van der Waals surface area contributed by atoms with Gasteiger partial charge in [0.05, 0.1) is 13.7 Å². The third-order valence-corrected chi connectivity index (χ3v) is 3.99. The summed E-state index contributed by atoms with van der Waals surface area (Å²) >= 11 is 0. The maximum absolute atomic E-state index is 11.9. The fourth-order valence-electron chi connectivity index (χ4n) is 2.65. The van der Waals surface area contributed by atoms with Crippen LogP contribution in [-0.2, 0) is 22.5 Å². The zero-order valence-corrected chi connectivity index (χ0v) is 17.2. The molecule has 0 bridgehead atoms. The van der Waals surface area contributed by atoms with E-state index in [1.54, 1.807) is 27.9 Å². The summed E-state index contributed by atoms with van der Waals surface area (Å²) in [5.74, 6) is 0.342. The lowest BCUT2D eigenvalue weighted by molar-refractivity contribution is -0.139. The monoisotopic (exact) mass is 404 g/mol. The van der Waals surface area contributed by atoms with Crippen molar-refractivity contribution in [3.05, 3.63) is 48.3 Å². The number of carbonyl (C=O) groups is 2. The van der Waals surface area contributed by atoms with Gasteiger partial charge < -0.3 is 29.2 Å². The van der Waals surface area contributed by atoms with Gasteiger partial charge in [0.25, 0.3) is 0 Å². The second-order valence-electron chi connectivity index (χ2n) is 7.46. The number of nitrogens with one attached hydrogen (secondary N) is 1. The van der Waals surface area contributed by atoms with E-state index in [-0.39, 0.29) is 6.42 Å². The number of amides is 1. The lowest BCUT2D eigenvalue weighted by atomic mass is 10.1. The van der Waals surface area contributed by atoms with Crippen molar-refractivity contribution >= 4 is 12.1 Å². The van der Waals surface area contributed by atoms with Gasteiger partial charge in [0, 0.05) is 18.3 Å². The molecule has 29 heavy (non-hydrogen) atoms. The van der Waals surface area contributed by atoms with Crippen LogP contribution in [0.1, 0.15) is 26.5 Å². The molecule has 1 heterocycles.